The van der Waals surface area contributed by atoms with Crippen LogP contribution in [0.5, 0.6) is 0 Å². The van der Waals surface area contributed by atoms with Gasteiger partial charge in [0.15, 0.2) is 17.5 Å². The predicted octanol–water partition coefficient (Wildman–Crippen LogP) is 2.98. The Balaban J connectivity index is 3.00. The van der Waals surface area contributed by atoms with E-state index in [1.807, 2.05) is 0 Å². The molecule has 0 aliphatic carbocycles. The lowest BCUT2D eigenvalue weighted by Gasteiger charge is -2.14. The average Bonchev–Trinajstić information content (AvgIpc) is 2.13. The monoisotopic (exact) mass is 218 g/mol. The lowest BCUT2D eigenvalue weighted by molar-refractivity contribution is 0.176. The summed E-state index contributed by atoms with van der Waals surface area (Å²) in [7, 11) is 0. The summed E-state index contributed by atoms with van der Waals surface area (Å²) in [6, 6.07) is 2.10. The van der Waals surface area contributed by atoms with E-state index in [9.17, 15) is 13.2 Å². The second-order valence-corrected chi connectivity index (χ2v) is 3.75. The van der Waals surface area contributed by atoms with E-state index in [1.165, 1.54) is 6.07 Å². The van der Waals surface area contributed by atoms with Crippen LogP contribution in [-0.4, -0.2) is 11.2 Å². The van der Waals surface area contributed by atoms with Gasteiger partial charge >= 0.3 is 0 Å². The van der Waals surface area contributed by atoms with Crippen molar-refractivity contribution in [2.45, 2.75) is 32.3 Å². The van der Waals surface area contributed by atoms with Crippen LogP contribution in [0.1, 0.15) is 31.7 Å². The normalized spacial score (nSPS) is 15.1. The number of halogens is 3. The number of hydrogen-bond donors (Lipinski definition) is 1. The first kappa shape index (κ1) is 12.0. The van der Waals surface area contributed by atoms with Crippen LogP contribution in [0.25, 0.3) is 0 Å². The van der Waals surface area contributed by atoms with Gasteiger partial charge in [0.25, 0.3) is 0 Å². The topological polar surface area (TPSA) is 20.2 Å². The van der Waals surface area contributed by atoms with E-state index in [1.54, 1.807) is 13.8 Å². The van der Waals surface area contributed by atoms with Gasteiger partial charge in [-0.25, -0.2) is 13.2 Å². The van der Waals surface area contributed by atoms with Crippen molar-refractivity contribution in [1.29, 1.82) is 0 Å². The van der Waals surface area contributed by atoms with Crippen LogP contribution in [-0.2, 0) is 0 Å². The van der Waals surface area contributed by atoms with Crippen LogP contribution >= 0.6 is 0 Å². The summed E-state index contributed by atoms with van der Waals surface area (Å²) in [5, 5.41) is 9.11. The molecule has 0 spiro atoms. The van der Waals surface area contributed by atoms with Crippen LogP contribution < -0.4 is 0 Å². The summed E-state index contributed by atoms with van der Waals surface area (Å²) in [4.78, 5) is 0. The first-order valence-corrected chi connectivity index (χ1v) is 4.75. The Labute approximate surface area is 86.5 Å². The molecule has 0 radical (unpaired) electrons. The van der Waals surface area contributed by atoms with Crippen molar-refractivity contribution in [2.75, 3.05) is 0 Å². The van der Waals surface area contributed by atoms with Crippen molar-refractivity contribution in [2.24, 2.45) is 0 Å². The fourth-order valence-electron chi connectivity index (χ4n) is 1.56. The third-order valence-electron chi connectivity index (χ3n) is 2.29. The van der Waals surface area contributed by atoms with E-state index in [0.29, 0.717) is 6.42 Å². The largest absolute Gasteiger partial charge is 0.393 e. The van der Waals surface area contributed by atoms with Crippen molar-refractivity contribution in [3.8, 4) is 0 Å². The summed E-state index contributed by atoms with van der Waals surface area (Å²) >= 11 is 0. The smallest absolute Gasteiger partial charge is 0.194 e. The van der Waals surface area contributed by atoms with Crippen molar-refractivity contribution >= 4 is 0 Å². The maximum absolute atomic E-state index is 13.3. The molecule has 84 valence electrons. The van der Waals surface area contributed by atoms with E-state index in [4.69, 9.17) is 5.11 Å². The standard InChI is InChI=1S/C11H13F3O/c1-6(5-7(2)15)8-3-4-9(12)11(14)10(8)13/h3-4,6-7,15H,5H2,1-2H3. The minimum absolute atomic E-state index is 0.0924. The molecule has 0 saturated carbocycles. The summed E-state index contributed by atoms with van der Waals surface area (Å²) in [5.41, 5.74) is 0.0924. The molecule has 2 unspecified atom stereocenters. The zero-order valence-corrected chi connectivity index (χ0v) is 8.60. The number of aliphatic hydroxyl groups is 1. The molecule has 0 heterocycles. The van der Waals surface area contributed by atoms with Gasteiger partial charge in [-0.3, -0.25) is 0 Å². The van der Waals surface area contributed by atoms with Crippen LogP contribution in [0.3, 0.4) is 0 Å². The molecule has 15 heavy (non-hydrogen) atoms. The van der Waals surface area contributed by atoms with Crippen molar-refractivity contribution in [3.63, 3.8) is 0 Å². The maximum atomic E-state index is 13.3. The molecule has 1 rings (SSSR count). The molecule has 4 heteroatoms. The summed E-state index contributed by atoms with van der Waals surface area (Å²) in [6.45, 7) is 3.22. The lowest BCUT2D eigenvalue weighted by Crippen LogP contribution is -2.08. The molecule has 1 N–H and O–H groups in total. The van der Waals surface area contributed by atoms with Gasteiger partial charge in [-0.1, -0.05) is 13.0 Å². The first-order chi connectivity index (χ1) is 6.93. The zero-order valence-electron chi connectivity index (χ0n) is 8.60. The number of hydrogen-bond acceptors (Lipinski definition) is 1. The summed E-state index contributed by atoms with van der Waals surface area (Å²) in [5.74, 6) is -4.16. The Bertz CT molecular complexity index is 350. The molecule has 0 aromatic heterocycles. The second-order valence-electron chi connectivity index (χ2n) is 3.75. The summed E-state index contributed by atoms with van der Waals surface area (Å²) in [6.07, 6.45) is -0.297. The quantitative estimate of drug-likeness (QED) is 0.773. The highest BCUT2D eigenvalue weighted by molar-refractivity contribution is 5.23. The molecule has 0 aliphatic rings. The van der Waals surface area contributed by atoms with E-state index in [2.05, 4.69) is 0 Å². The van der Waals surface area contributed by atoms with Gasteiger partial charge in [0, 0.05) is 0 Å². The van der Waals surface area contributed by atoms with Gasteiger partial charge in [-0.15, -0.1) is 0 Å². The Hall–Kier alpha value is -1.03. The van der Waals surface area contributed by atoms with Crippen LogP contribution in [0, 0.1) is 17.5 Å². The number of benzene rings is 1. The molecule has 0 aliphatic heterocycles. The third kappa shape index (κ3) is 2.72. The molecule has 1 aromatic rings. The highest BCUT2D eigenvalue weighted by Gasteiger charge is 2.18. The highest BCUT2D eigenvalue weighted by atomic mass is 19.2. The molecule has 0 saturated heterocycles. The van der Waals surface area contributed by atoms with Gasteiger partial charge in [0.2, 0.25) is 0 Å². The third-order valence-corrected chi connectivity index (χ3v) is 2.29. The van der Waals surface area contributed by atoms with Crippen molar-refractivity contribution < 1.29 is 18.3 Å². The average molecular weight is 218 g/mol. The van der Waals surface area contributed by atoms with E-state index < -0.39 is 23.6 Å². The minimum atomic E-state index is -1.45. The summed E-state index contributed by atoms with van der Waals surface area (Å²) < 4.78 is 38.8. The fourth-order valence-corrected chi connectivity index (χ4v) is 1.56. The number of aliphatic hydroxyl groups excluding tert-OH is 1. The molecule has 1 nitrogen and oxygen atoms in total. The van der Waals surface area contributed by atoms with E-state index >= 15 is 0 Å². The first-order valence-electron chi connectivity index (χ1n) is 4.75. The second kappa shape index (κ2) is 4.66. The zero-order chi connectivity index (χ0) is 11.6. The molecule has 0 fully saturated rings. The van der Waals surface area contributed by atoms with E-state index in [-0.39, 0.29) is 11.5 Å². The van der Waals surface area contributed by atoms with E-state index in [0.717, 1.165) is 6.07 Å². The SMILES string of the molecule is CC(O)CC(C)c1ccc(F)c(F)c1F. The lowest BCUT2D eigenvalue weighted by atomic mass is 9.95. The van der Waals surface area contributed by atoms with Gasteiger partial charge in [-0.05, 0) is 30.9 Å². The Morgan fingerprint density at radius 2 is 1.73 bits per heavy atom. The van der Waals surface area contributed by atoms with Gasteiger partial charge in [0.05, 0.1) is 6.10 Å². The Kier molecular flexibility index (Phi) is 3.74. The Morgan fingerprint density at radius 1 is 1.13 bits per heavy atom. The minimum Gasteiger partial charge on any atom is -0.393 e. The molecule has 2 atom stereocenters. The molecule has 0 amide bonds. The van der Waals surface area contributed by atoms with Crippen molar-refractivity contribution in [1.82, 2.24) is 0 Å². The van der Waals surface area contributed by atoms with Gasteiger partial charge < -0.3 is 5.11 Å². The Morgan fingerprint density at radius 3 is 2.27 bits per heavy atom. The molecular formula is C11H13F3O. The van der Waals surface area contributed by atoms with Crippen LogP contribution in [0.15, 0.2) is 12.1 Å². The van der Waals surface area contributed by atoms with Crippen LogP contribution in [0.4, 0.5) is 13.2 Å². The predicted molar refractivity (Wildman–Crippen MR) is 51.0 cm³/mol. The fraction of sp³-hybridized carbons (Fsp3) is 0.455. The van der Waals surface area contributed by atoms with Crippen LogP contribution in [0.2, 0.25) is 0 Å². The molecule has 1 aromatic carbocycles. The van der Waals surface area contributed by atoms with Crippen molar-refractivity contribution in [3.05, 3.63) is 35.1 Å². The maximum Gasteiger partial charge on any atom is 0.194 e. The molecule has 0 bridgehead atoms. The van der Waals surface area contributed by atoms with Gasteiger partial charge in [0.1, 0.15) is 0 Å². The molecular weight excluding hydrogens is 205 g/mol. The van der Waals surface area contributed by atoms with Gasteiger partial charge in [-0.2, -0.15) is 0 Å². The highest BCUT2D eigenvalue weighted by Crippen LogP contribution is 2.25. The number of rotatable bonds is 3.